The third-order valence-corrected chi connectivity index (χ3v) is 2.59. The van der Waals surface area contributed by atoms with E-state index in [2.05, 4.69) is 31.4 Å². The van der Waals surface area contributed by atoms with Crippen molar-refractivity contribution in [2.45, 2.75) is 6.92 Å². The highest BCUT2D eigenvalue weighted by molar-refractivity contribution is 9.10. The van der Waals surface area contributed by atoms with Crippen LogP contribution in [-0.4, -0.2) is 28.5 Å². The molecule has 0 aliphatic rings. The Hall–Kier alpha value is -1.63. The quantitative estimate of drug-likeness (QED) is 0.334. The second-order valence-corrected chi connectivity index (χ2v) is 4.44. The Morgan fingerprint density at radius 2 is 2.41 bits per heavy atom. The number of amidine groups is 1. The number of rotatable bonds is 4. The number of nitrogens with zero attached hydrogens (tertiary/aromatic N) is 2. The number of aromatic nitrogens is 1. The number of halogens is 1. The summed E-state index contributed by atoms with van der Waals surface area (Å²) in [5.41, 5.74) is 5.84. The first-order valence-corrected chi connectivity index (χ1v) is 5.70. The molecule has 92 valence electrons. The van der Waals surface area contributed by atoms with E-state index in [0.29, 0.717) is 12.1 Å². The van der Waals surface area contributed by atoms with Gasteiger partial charge in [0.15, 0.2) is 0 Å². The van der Waals surface area contributed by atoms with Gasteiger partial charge in [-0.25, -0.2) is 0 Å². The van der Waals surface area contributed by atoms with Crippen molar-refractivity contribution < 1.29 is 10.0 Å². The molecule has 0 spiro atoms. The van der Waals surface area contributed by atoms with Gasteiger partial charge in [-0.1, -0.05) is 12.1 Å². The van der Waals surface area contributed by atoms with Gasteiger partial charge in [-0.05, 0) is 22.0 Å². The molecule has 1 unspecified atom stereocenters. The van der Waals surface area contributed by atoms with Crippen LogP contribution in [-0.2, 0) is 0 Å². The fourth-order valence-electron chi connectivity index (χ4n) is 1.09. The summed E-state index contributed by atoms with van der Waals surface area (Å²) in [5.74, 6) is -0.405. The number of hydrogen-bond donors (Lipinski definition) is 3. The summed E-state index contributed by atoms with van der Waals surface area (Å²) in [6, 6.07) is 1.66. The number of carbonyl (C=O) groups excluding carboxylic acids is 1. The largest absolute Gasteiger partial charge is 0.409 e. The van der Waals surface area contributed by atoms with Crippen molar-refractivity contribution in [1.29, 1.82) is 0 Å². The zero-order valence-electron chi connectivity index (χ0n) is 9.22. The molecule has 7 heteroatoms. The molecule has 17 heavy (non-hydrogen) atoms. The molecule has 0 aromatic carbocycles. The Kier molecular flexibility index (Phi) is 4.89. The normalized spacial score (nSPS) is 13.2. The van der Waals surface area contributed by atoms with E-state index in [1.807, 2.05) is 0 Å². The van der Waals surface area contributed by atoms with E-state index < -0.39 is 0 Å². The van der Waals surface area contributed by atoms with Gasteiger partial charge in [0.25, 0.3) is 5.91 Å². The molecule has 0 fully saturated rings. The lowest BCUT2D eigenvalue weighted by molar-refractivity contribution is 0.0950. The lowest BCUT2D eigenvalue weighted by Gasteiger charge is -2.10. The molecule has 0 saturated carbocycles. The molecular formula is C10H13BrN4O2. The highest BCUT2D eigenvalue weighted by Gasteiger charge is 2.11. The van der Waals surface area contributed by atoms with Crippen molar-refractivity contribution in [3.8, 4) is 0 Å². The van der Waals surface area contributed by atoms with Crippen LogP contribution in [0.1, 0.15) is 17.3 Å². The molecular weight excluding hydrogens is 288 g/mol. The van der Waals surface area contributed by atoms with E-state index in [-0.39, 0.29) is 17.7 Å². The number of amides is 1. The molecule has 0 bridgehead atoms. The van der Waals surface area contributed by atoms with E-state index in [4.69, 9.17) is 10.9 Å². The van der Waals surface area contributed by atoms with Gasteiger partial charge in [0.05, 0.1) is 5.56 Å². The van der Waals surface area contributed by atoms with Gasteiger partial charge in [0.1, 0.15) is 5.84 Å². The molecule has 1 aromatic heterocycles. The highest BCUT2D eigenvalue weighted by Crippen LogP contribution is 2.09. The predicted octanol–water partition coefficient (Wildman–Crippen LogP) is 0.956. The lowest BCUT2D eigenvalue weighted by Crippen LogP contribution is -2.34. The van der Waals surface area contributed by atoms with Gasteiger partial charge in [0, 0.05) is 29.3 Å². The maximum Gasteiger partial charge on any atom is 0.252 e. The third kappa shape index (κ3) is 4.03. The van der Waals surface area contributed by atoms with Gasteiger partial charge in [-0.2, -0.15) is 0 Å². The van der Waals surface area contributed by atoms with Crippen LogP contribution in [0.15, 0.2) is 28.1 Å². The fourth-order valence-corrected chi connectivity index (χ4v) is 1.45. The molecule has 1 amide bonds. The van der Waals surface area contributed by atoms with Gasteiger partial charge < -0.3 is 16.3 Å². The van der Waals surface area contributed by atoms with Crippen LogP contribution in [0, 0.1) is 5.92 Å². The average Bonchev–Trinajstić information content (AvgIpc) is 2.34. The number of hydrogen-bond acceptors (Lipinski definition) is 4. The Bertz CT molecular complexity index is 436. The predicted molar refractivity (Wildman–Crippen MR) is 66.8 cm³/mol. The van der Waals surface area contributed by atoms with Crippen molar-refractivity contribution in [3.05, 3.63) is 28.5 Å². The van der Waals surface area contributed by atoms with Crippen molar-refractivity contribution in [3.63, 3.8) is 0 Å². The Balaban J connectivity index is 2.56. The first-order valence-electron chi connectivity index (χ1n) is 4.90. The van der Waals surface area contributed by atoms with Crippen LogP contribution in [0.5, 0.6) is 0 Å². The molecule has 0 radical (unpaired) electrons. The molecule has 1 atom stereocenters. The van der Waals surface area contributed by atoms with E-state index in [9.17, 15) is 4.79 Å². The van der Waals surface area contributed by atoms with E-state index in [0.717, 1.165) is 4.47 Å². The number of nitrogens with two attached hydrogens (primary N) is 1. The Labute approximate surface area is 107 Å². The van der Waals surface area contributed by atoms with Crippen molar-refractivity contribution in [2.75, 3.05) is 6.54 Å². The van der Waals surface area contributed by atoms with Crippen LogP contribution in [0.4, 0.5) is 0 Å². The summed E-state index contributed by atoms with van der Waals surface area (Å²) in [5, 5.41) is 14.0. The number of pyridine rings is 1. The topological polar surface area (TPSA) is 101 Å². The number of carbonyl (C=O) groups is 1. The average molecular weight is 301 g/mol. The van der Waals surface area contributed by atoms with Crippen molar-refractivity contribution in [1.82, 2.24) is 10.3 Å². The summed E-state index contributed by atoms with van der Waals surface area (Å²) in [6.07, 6.45) is 3.06. The molecule has 4 N–H and O–H groups in total. The van der Waals surface area contributed by atoms with E-state index in [1.165, 1.54) is 6.20 Å². The van der Waals surface area contributed by atoms with Gasteiger partial charge in [-0.3, -0.25) is 9.78 Å². The molecule has 6 nitrogen and oxygen atoms in total. The lowest BCUT2D eigenvalue weighted by atomic mass is 10.1. The van der Waals surface area contributed by atoms with E-state index >= 15 is 0 Å². The second kappa shape index (κ2) is 6.19. The Morgan fingerprint density at radius 1 is 1.71 bits per heavy atom. The van der Waals surface area contributed by atoms with Gasteiger partial charge >= 0.3 is 0 Å². The van der Waals surface area contributed by atoms with Crippen LogP contribution >= 0.6 is 15.9 Å². The molecule has 1 rings (SSSR count). The molecule has 0 aliphatic heterocycles. The molecule has 0 aliphatic carbocycles. The van der Waals surface area contributed by atoms with Crippen LogP contribution in [0.2, 0.25) is 0 Å². The summed E-state index contributed by atoms with van der Waals surface area (Å²) in [6.45, 7) is 2.04. The first kappa shape index (κ1) is 13.4. The molecule has 1 heterocycles. The SMILES string of the molecule is CC(CNC(=O)c1cncc(Br)c1)C(N)=NO. The second-order valence-electron chi connectivity index (χ2n) is 3.53. The van der Waals surface area contributed by atoms with Crippen LogP contribution in [0.25, 0.3) is 0 Å². The monoisotopic (exact) mass is 300 g/mol. The summed E-state index contributed by atoms with van der Waals surface area (Å²) in [7, 11) is 0. The van der Waals surface area contributed by atoms with Crippen molar-refractivity contribution in [2.24, 2.45) is 16.8 Å². The zero-order chi connectivity index (χ0) is 12.8. The van der Waals surface area contributed by atoms with Crippen LogP contribution in [0.3, 0.4) is 0 Å². The highest BCUT2D eigenvalue weighted by atomic mass is 79.9. The van der Waals surface area contributed by atoms with E-state index in [1.54, 1.807) is 19.2 Å². The molecule has 1 aromatic rings. The minimum atomic E-state index is -0.253. The minimum absolute atomic E-state index is 0.0812. The smallest absolute Gasteiger partial charge is 0.252 e. The third-order valence-electron chi connectivity index (χ3n) is 2.16. The minimum Gasteiger partial charge on any atom is -0.409 e. The van der Waals surface area contributed by atoms with Gasteiger partial charge in [-0.15, -0.1) is 0 Å². The summed E-state index contributed by atoms with van der Waals surface area (Å²) < 4.78 is 0.731. The zero-order valence-corrected chi connectivity index (χ0v) is 10.8. The maximum absolute atomic E-state index is 11.7. The standard InChI is InChI=1S/C10H13BrN4O2/c1-6(9(12)15-17)3-14-10(16)7-2-8(11)5-13-4-7/h2,4-6,17H,3H2,1H3,(H2,12,15)(H,14,16). The Morgan fingerprint density at radius 3 is 3.00 bits per heavy atom. The number of nitrogens with one attached hydrogen (secondary N) is 1. The maximum atomic E-state index is 11.7. The van der Waals surface area contributed by atoms with Crippen molar-refractivity contribution >= 4 is 27.7 Å². The first-order chi connectivity index (χ1) is 8.04. The number of oxime groups is 1. The van der Waals surface area contributed by atoms with Crippen LogP contribution < -0.4 is 11.1 Å². The summed E-state index contributed by atoms with van der Waals surface area (Å²) in [4.78, 5) is 15.6. The van der Waals surface area contributed by atoms with Gasteiger partial charge in [0.2, 0.25) is 0 Å². The summed E-state index contributed by atoms with van der Waals surface area (Å²) >= 11 is 3.23. The fraction of sp³-hybridized carbons (Fsp3) is 0.300. The molecule has 0 saturated heterocycles.